The Morgan fingerprint density at radius 3 is 2.64 bits per heavy atom. The standard InChI is InChI=1S/C17H22N4O/c1-2-3-14-8-9-18-17(19-14)20-15-4-6-16(7-5-15)21-10-12-22-13-11-21/h4-9H,2-3,10-13H2,1H3,(H,18,19,20). The maximum Gasteiger partial charge on any atom is 0.227 e. The van der Waals surface area contributed by atoms with Crippen LogP contribution in [0.15, 0.2) is 36.5 Å². The Balaban J connectivity index is 1.66. The third kappa shape index (κ3) is 3.74. The predicted octanol–water partition coefficient (Wildman–Crippen LogP) is 3.01. The van der Waals surface area contributed by atoms with Crippen molar-refractivity contribution >= 4 is 17.3 Å². The van der Waals surface area contributed by atoms with E-state index in [4.69, 9.17) is 4.74 Å². The number of benzene rings is 1. The van der Waals surface area contributed by atoms with Gasteiger partial charge in [0.15, 0.2) is 0 Å². The molecular weight excluding hydrogens is 276 g/mol. The van der Waals surface area contributed by atoms with Crippen molar-refractivity contribution in [2.45, 2.75) is 19.8 Å². The van der Waals surface area contributed by atoms with E-state index in [0.29, 0.717) is 5.95 Å². The van der Waals surface area contributed by atoms with Crippen molar-refractivity contribution in [1.82, 2.24) is 9.97 Å². The fourth-order valence-electron chi connectivity index (χ4n) is 2.56. The highest BCUT2D eigenvalue weighted by Crippen LogP contribution is 2.20. The molecule has 1 fully saturated rings. The van der Waals surface area contributed by atoms with Gasteiger partial charge in [-0.05, 0) is 36.8 Å². The second-order valence-electron chi connectivity index (χ2n) is 5.39. The van der Waals surface area contributed by atoms with Gasteiger partial charge in [0.25, 0.3) is 0 Å². The first-order valence-electron chi connectivity index (χ1n) is 7.87. The monoisotopic (exact) mass is 298 g/mol. The Hall–Kier alpha value is -2.14. The summed E-state index contributed by atoms with van der Waals surface area (Å²) in [5.74, 6) is 0.657. The Bertz CT molecular complexity index is 594. The number of rotatable bonds is 5. The van der Waals surface area contributed by atoms with Crippen molar-refractivity contribution < 1.29 is 4.74 Å². The molecular formula is C17H22N4O. The van der Waals surface area contributed by atoms with Crippen molar-refractivity contribution in [2.75, 3.05) is 36.5 Å². The van der Waals surface area contributed by atoms with Gasteiger partial charge >= 0.3 is 0 Å². The number of nitrogens with one attached hydrogen (secondary N) is 1. The molecule has 3 rings (SSSR count). The minimum absolute atomic E-state index is 0.657. The fraction of sp³-hybridized carbons (Fsp3) is 0.412. The number of hydrogen-bond acceptors (Lipinski definition) is 5. The largest absolute Gasteiger partial charge is 0.378 e. The SMILES string of the molecule is CCCc1ccnc(Nc2ccc(N3CCOCC3)cc2)n1. The number of hydrogen-bond donors (Lipinski definition) is 1. The lowest BCUT2D eigenvalue weighted by Gasteiger charge is -2.28. The molecule has 2 heterocycles. The van der Waals surface area contributed by atoms with E-state index in [1.807, 2.05) is 12.3 Å². The van der Waals surface area contributed by atoms with Gasteiger partial charge in [-0.2, -0.15) is 0 Å². The highest BCUT2D eigenvalue weighted by molar-refractivity contribution is 5.59. The van der Waals surface area contributed by atoms with Crippen molar-refractivity contribution in [3.63, 3.8) is 0 Å². The number of morpholine rings is 1. The van der Waals surface area contributed by atoms with Gasteiger partial charge in [-0.15, -0.1) is 0 Å². The van der Waals surface area contributed by atoms with Crippen LogP contribution in [0, 0.1) is 0 Å². The molecule has 1 aromatic carbocycles. The third-order valence-corrected chi connectivity index (χ3v) is 3.72. The number of anilines is 3. The second kappa shape index (κ2) is 7.22. The molecule has 1 aliphatic rings. The molecule has 0 radical (unpaired) electrons. The van der Waals surface area contributed by atoms with Gasteiger partial charge in [0.2, 0.25) is 5.95 Å². The molecule has 1 N–H and O–H groups in total. The smallest absolute Gasteiger partial charge is 0.227 e. The number of nitrogens with zero attached hydrogens (tertiary/aromatic N) is 3. The molecule has 0 spiro atoms. The zero-order valence-corrected chi connectivity index (χ0v) is 13.0. The molecule has 22 heavy (non-hydrogen) atoms. The van der Waals surface area contributed by atoms with Crippen LogP contribution in [-0.4, -0.2) is 36.3 Å². The summed E-state index contributed by atoms with van der Waals surface area (Å²) in [6.45, 7) is 5.67. The Kier molecular flexibility index (Phi) is 4.85. The topological polar surface area (TPSA) is 50.3 Å². The van der Waals surface area contributed by atoms with E-state index >= 15 is 0 Å². The maximum atomic E-state index is 5.38. The molecule has 1 saturated heterocycles. The van der Waals surface area contributed by atoms with E-state index in [2.05, 4.69) is 51.4 Å². The van der Waals surface area contributed by atoms with E-state index in [1.54, 1.807) is 0 Å². The average Bonchev–Trinajstić information content (AvgIpc) is 2.57. The van der Waals surface area contributed by atoms with Crippen molar-refractivity contribution in [1.29, 1.82) is 0 Å². The molecule has 0 amide bonds. The summed E-state index contributed by atoms with van der Waals surface area (Å²) in [7, 11) is 0. The van der Waals surface area contributed by atoms with Gasteiger partial charge in [0.05, 0.1) is 13.2 Å². The average molecular weight is 298 g/mol. The molecule has 1 aliphatic heterocycles. The van der Waals surface area contributed by atoms with Crippen molar-refractivity contribution in [2.24, 2.45) is 0 Å². The molecule has 116 valence electrons. The molecule has 0 unspecified atom stereocenters. The Labute approximate surface area is 131 Å². The minimum Gasteiger partial charge on any atom is -0.378 e. The Morgan fingerprint density at radius 1 is 1.14 bits per heavy atom. The summed E-state index contributed by atoms with van der Waals surface area (Å²) >= 11 is 0. The lowest BCUT2D eigenvalue weighted by Crippen LogP contribution is -2.36. The van der Waals surface area contributed by atoms with Crippen LogP contribution in [0.5, 0.6) is 0 Å². The van der Waals surface area contributed by atoms with Gasteiger partial charge in [0, 0.05) is 36.4 Å². The van der Waals surface area contributed by atoms with Crippen LogP contribution in [0.3, 0.4) is 0 Å². The number of aryl methyl sites for hydroxylation is 1. The second-order valence-corrected chi connectivity index (χ2v) is 5.39. The Morgan fingerprint density at radius 2 is 1.91 bits per heavy atom. The fourth-order valence-corrected chi connectivity index (χ4v) is 2.56. The minimum atomic E-state index is 0.657. The lowest BCUT2D eigenvalue weighted by atomic mass is 10.2. The van der Waals surface area contributed by atoms with E-state index in [1.165, 1.54) is 5.69 Å². The van der Waals surface area contributed by atoms with E-state index < -0.39 is 0 Å². The summed E-state index contributed by atoms with van der Waals surface area (Å²) in [5, 5.41) is 3.27. The molecule has 0 atom stereocenters. The normalized spacial score (nSPS) is 14.9. The van der Waals surface area contributed by atoms with Crippen LogP contribution in [0.2, 0.25) is 0 Å². The molecule has 5 heteroatoms. The summed E-state index contributed by atoms with van der Waals surface area (Å²) < 4.78 is 5.38. The molecule has 1 aromatic heterocycles. The van der Waals surface area contributed by atoms with Gasteiger partial charge in [-0.3, -0.25) is 0 Å². The van der Waals surface area contributed by atoms with Crippen LogP contribution in [0.4, 0.5) is 17.3 Å². The first-order valence-corrected chi connectivity index (χ1v) is 7.87. The molecule has 2 aromatic rings. The van der Waals surface area contributed by atoms with Crippen LogP contribution < -0.4 is 10.2 Å². The van der Waals surface area contributed by atoms with Gasteiger partial charge in [0.1, 0.15) is 0 Å². The van der Waals surface area contributed by atoms with Crippen LogP contribution in [0.25, 0.3) is 0 Å². The summed E-state index contributed by atoms with van der Waals surface area (Å²) in [6.07, 6.45) is 3.88. The van der Waals surface area contributed by atoms with Gasteiger partial charge < -0.3 is 15.0 Å². The zero-order valence-electron chi connectivity index (χ0n) is 13.0. The first-order chi connectivity index (χ1) is 10.8. The first kappa shape index (κ1) is 14.8. The lowest BCUT2D eigenvalue weighted by molar-refractivity contribution is 0.122. The summed E-state index contributed by atoms with van der Waals surface area (Å²) in [4.78, 5) is 11.1. The van der Waals surface area contributed by atoms with E-state index in [-0.39, 0.29) is 0 Å². The maximum absolute atomic E-state index is 5.38. The summed E-state index contributed by atoms with van der Waals surface area (Å²) in [5.41, 5.74) is 3.31. The quantitative estimate of drug-likeness (QED) is 0.919. The van der Waals surface area contributed by atoms with Crippen molar-refractivity contribution in [3.8, 4) is 0 Å². The molecule has 5 nitrogen and oxygen atoms in total. The third-order valence-electron chi connectivity index (χ3n) is 3.72. The van der Waals surface area contributed by atoms with E-state index in [9.17, 15) is 0 Å². The highest BCUT2D eigenvalue weighted by atomic mass is 16.5. The van der Waals surface area contributed by atoms with Gasteiger partial charge in [-0.1, -0.05) is 13.3 Å². The molecule has 0 aliphatic carbocycles. The van der Waals surface area contributed by atoms with Crippen molar-refractivity contribution in [3.05, 3.63) is 42.2 Å². The van der Waals surface area contributed by atoms with E-state index in [0.717, 1.165) is 50.5 Å². The van der Waals surface area contributed by atoms with Crippen LogP contribution >= 0.6 is 0 Å². The summed E-state index contributed by atoms with van der Waals surface area (Å²) in [6, 6.07) is 10.4. The molecule has 0 bridgehead atoms. The molecule has 0 saturated carbocycles. The number of aromatic nitrogens is 2. The van der Waals surface area contributed by atoms with Gasteiger partial charge in [-0.25, -0.2) is 9.97 Å². The highest BCUT2D eigenvalue weighted by Gasteiger charge is 2.10. The zero-order chi connectivity index (χ0) is 15.2. The predicted molar refractivity (Wildman–Crippen MR) is 88.8 cm³/mol. The number of ether oxygens (including phenoxy) is 1. The van der Waals surface area contributed by atoms with Crippen LogP contribution in [-0.2, 0) is 11.2 Å². The van der Waals surface area contributed by atoms with Crippen LogP contribution in [0.1, 0.15) is 19.0 Å².